The van der Waals surface area contributed by atoms with Crippen molar-refractivity contribution in [3.63, 3.8) is 0 Å². The van der Waals surface area contributed by atoms with Crippen molar-refractivity contribution in [3.8, 4) is 11.3 Å². The van der Waals surface area contributed by atoms with Gasteiger partial charge in [0, 0.05) is 43.7 Å². The minimum atomic E-state index is 0.282. The van der Waals surface area contributed by atoms with Crippen LogP contribution in [0.1, 0.15) is 41.9 Å². The Labute approximate surface area is 177 Å². The first-order valence-corrected chi connectivity index (χ1v) is 10.8. The largest absolute Gasteiger partial charge is 0.354 e. The third kappa shape index (κ3) is 3.67. The standard InChI is InChI=1S/C25H26N4O/c30-23-12-6-14-29(23)15-7-13-26-25-27-17-19-16-22(18-8-2-1-3-9-18)20-10-4-5-11-21(20)24(19)28-25/h1-5,8-11,17,22H,6-7,12-16H2,(H,26,27,28). The highest BCUT2D eigenvalue weighted by Gasteiger charge is 2.27. The molecule has 5 rings (SSSR count). The van der Waals surface area contributed by atoms with E-state index in [2.05, 4.69) is 64.9 Å². The molecular weight excluding hydrogens is 372 g/mol. The Morgan fingerprint density at radius 2 is 1.90 bits per heavy atom. The van der Waals surface area contributed by atoms with Crippen molar-refractivity contribution in [3.05, 3.63) is 77.5 Å². The maximum absolute atomic E-state index is 11.7. The molecule has 2 heterocycles. The summed E-state index contributed by atoms with van der Waals surface area (Å²) >= 11 is 0. The van der Waals surface area contributed by atoms with E-state index in [4.69, 9.17) is 4.98 Å². The lowest BCUT2D eigenvalue weighted by atomic mass is 9.78. The van der Waals surface area contributed by atoms with Gasteiger partial charge >= 0.3 is 0 Å². The van der Waals surface area contributed by atoms with Crippen LogP contribution in [-0.4, -0.2) is 40.4 Å². The van der Waals surface area contributed by atoms with Gasteiger partial charge in [-0.3, -0.25) is 4.79 Å². The number of fused-ring (bicyclic) bond motifs is 3. The molecule has 1 amide bonds. The van der Waals surface area contributed by atoms with Crippen molar-refractivity contribution in [2.24, 2.45) is 0 Å². The van der Waals surface area contributed by atoms with Crippen LogP contribution in [0.25, 0.3) is 11.3 Å². The summed E-state index contributed by atoms with van der Waals surface area (Å²) in [5.74, 6) is 1.27. The van der Waals surface area contributed by atoms with Crippen LogP contribution in [0.3, 0.4) is 0 Å². The summed E-state index contributed by atoms with van der Waals surface area (Å²) < 4.78 is 0. The number of hydrogen-bond acceptors (Lipinski definition) is 4. The minimum Gasteiger partial charge on any atom is -0.354 e. The van der Waals surface area contributed by atoms with Crippen LogP contribution in [-0.2, 0) is 11.2 Å². The summed E-state index contributed by atoms with van der Waals surface area (Å²) in [6, 6.07) is 19.3. The van der Waals surface area contributed by atoms with Gasteiger partial charge in [0.2, 0.25) is 11.9 Å². The molecule has 2 aliphatic rings. The zero-order valence-electron chi connectivity index (χ0n) is 17.1. The molecule has 1 atom stereocenters. The lowest BCUT2D eigenvalue weighted by molar-refractivity contribution is -0.127. The normalized spacial score (nSPS) is 17.5. The van der Waals surface area contributed by atoms with E-state index in [0.717, 1.165) is 44.6 Å². The third-order valence-electron chi connectivity index (χ3n) is 6.14. The average Bonchev–Trinajstić information content (AvgIpc) is 3.21. The van der Waals surface area contributed by atoms with Crippen LogP contribution in [0.15, 0.2) is 60.8 Å². The monoisotopic (exact) mass is 398 g/mol. The number of hydrogen-bond donors (Lipinski definition) is 1. The first-order chi connectivity index (χ1) is 14.8. The van der Waals surface area contributed by atoms with Gasteiger partial charge in [-0.05, 0) is 36.0 Å². The smallest absolute Gasteiger partial charge is 0.223 e. The molecular formula is C25H26N4O. The van der Waals surface area contributed by atoms with Gasteiger partial charge in [0.15, 0.2) is 0 Å². The topological polar surface area (TPSA) is 58.1 Å². The van der Waals surface area contributed by atoms with E-state index in [-0.39, 0.29) is 5.91 Å². The van der Waals surface area contributed by atoms with Gasteiger partial charge in [0.05, 0.1) is 5.69 Å². The summed E-state index contributed by atoms with van der Waals surface area (Å²) in [5, 5.41) is 3.35. The number of amides is 1. The van der Waals surface area contributed by atoms with Crippen molar-refractivity contribution in [1.29, 1.82) is 0 Å². The van der Waals surface area contributed by atoms with E-state index < -0.39 is 0 Å². The molecule has 1 unspecified atom stereocenters. The molecule has 1 fully saturated rings. The average molecular weight is 399 g/mol. The molecule has 5 heteroatoms. The summed E-state index contributed by atoms with van der Waals surface area (Å²) in [7, 11) is 0. The van der Waals surface area contributed by atoms with E-state index in [0.29, 0.717) is 18.3 Å². The van der Waals surface area contributed by atoms with Crippen LogP contribution in [0.5, 0.6) is 0 Å². The second kappa shape index (κ2) is 8.27. The van der Waals surface area contributed by atoms with Crippen LogP contribution < -0.4 is 5.32 Å². The van der Waals surface area contributed by atoms with E-state index in [1.165, 1.54) is 22.3 Å². The van der Waals surface area contributed by atoms with Crippen LogP contribution in [0.4, 0.5) is 5.95 Å². The molecule has 0 spiro atoms. The molecule has 0 radical (unpaired) electrons. The maximum atomic E-state index is 11.7. The SMILES string of the molecule is O=C1CCCN1CCCNc1ncc2c(n1)-c1ccccc1C(c1ccccc1)C2. The van der Waals surface area contributed by atoms with Gasteiger partial charge in [-0.15, -0.1) is 0 Å². The molecule has 5 nitrogen and oxygen atoms in total. The van der Waals surface area contributed by atoms with E-state index in [9.17, 15) is 4.79 Å². The Hall–Kier alpha value is -3.21. The number of likely N-dealkylation sites (tertiary alicyclic amines) is 1. The number of anilines is 1. The molecule has 152 valence electrons. The second-order valence-electron chi connectivity index (χ2n) is 8.09. The molecule has 0 bridgehead atoms. The van der Waals surface area contributed by atoms with E-state index in [1.54, 1.807) is 0 Å². The van der Waals surface area contributed by atoms with Crippen molar-refractivity contribution in [2.75, 3.05) is 25.0 Å². The number of benzene rings is 2. The van der Waals surface area contributed by atoms with Gasteiger partial charge < -0.3 is 10.2 Å². The molecule has 1 aromatic heterocycles. The fourth-order valence-corrected chi connectivity index (χ4v) is 4.61. The molecule has 2 aromatic carbocycles. The molecule has 3 aromatic rings. The fourth-order valence-electron chi connectivity index (χ4n) is 4.61. The first kappa shape index (κ1) is 18.8. The van der Waals surface area contributed by atoms with Crippen LogP contribution >= 0.6 is 0 Å². The highest BCUT2D eigenvalue weighted by atomic mass is 16.2. The molecule has 0 saturated carbocycles. The predicted octanol–water partition coefficient (Wildman–Crippen LogP) is 4.26. The molecule has 30 heavy (non-hydrogen) atoms. The Morgan fingerprint density at radius 1 is 1.07 bits per heavy atom. The molecule has 1 aliphatic carbocycles. The van der Waals surface area contributed by atoms with Crippen molar-refractivity contribution in [2.45, 2.75) is 31.6 Å². The third-order valence-corrected chi connectivity index (χ3v) is 6.14. The van der Waals surface area contributed by atoms with E-state index in [1.807, 2.05) is 11.1 Å². The number of nitrogens with one attached hydrogen (secondary N) is 1. The van der Waals surface area contributed by atoms with Crippen molar-refractivity contribution < 1.29 is 4.79 Å². The van der Waals surface area contributed by atoms with Gasteiger partial charge in [-0.25, -0.2) is 9.97 Å². The van der Waals surface area contributed by atoms with Gasteiger partial charge in [0.25, 0.3) is 0 Å². The summed E-state index contributed by atoms with van der Waals surface area (Å²) in [4.78, 5) is 23.1. The lowest BCUT2D eigenvalue weighted by Gasteiger charge is -2.27. The Morgan fingerprint density at radius 3 is 2.73 bits per heavy atom. The van der Waals surface area contributed by atoms with Crippen LogP contribution in [0, 0.1) is 0 Å². The Balaban J connectivity index is 1.33. The highest BCUT2D eigenvalue weighted by molar-refractivity contribution is 5.78. The van der Waals surface area contributed by atoms with Gasteiger partial charge in [-0.2, -0.15) is 0 Å². The zero-order chi connectivity index (χ0) is 20.3. The lowest BCUT2D eigenvalue weighted by Crippen LogP contribution is -2.27. The van der Waals surface area contributed by atoms with E-state index >= 15 is 0 Å². The number of nitrogens with zero attached hydrogens (tertiary/aromatic N) is 3. The molecule has 1 N–H and O–H groups in total. The number of carbonyl (C=O) groups is 1. The Kier molecular flexibility index (Phi) is 5.18. The van der Waals surface area contributed by atoms with Gasteiger partial charge in [-0.1, -0.05) is 54.6 Å². The molecule has 1 aliphatic heterocycles. The maximum Gasteiger partial charge on any atom is 0.223 e. The number of rotatable bonds is 6. The fraction of sp³-hybridized carbons (Fsp3) is 0.320. The summed E-state index contributed by atoms with van der Waals surface area (Å²) in [6.07, 6.45) is 5.47. The van der Waals surface area contributed by atoms with Crippen molar-refractivity contribution in [1.82, 2.24) is 14.9 Å². The number of carbonyl (C=O) groups excluding carboxylic acids is 1. The van der Waals surface area contributed by atoms with Gasteiger partial charge in [0.1, 0.15) is 0 Å². The first-order valence-electron chi connectivity index (χ1n) is 10.8. The summed E-state index contributed by atoms with van der Waals surface area (Å²) in [5.41, 5.74) is 6.07. The highest BCUT2D eigenvalue weighted by Crippen LogP contribution is 2.41. The quantitative estimate of drug-likeness (QED) is 0.631. The second-order valence-corrected chi connectivity index (χ2v) is 8.09. The van der Waals surface area contributed by atoms with Crippen molar-refractivity contribution >= 4 is 11.9 Å². The molecule has 1 saturated heterocycles. The Bertz CT molecular complexity index is 1050. The zero-order valence-corrected chi connectivity index (χ0v) is 17.1. The predicted molar refractivity (Wildman–Crippen MR) is 118 cm³/mol. The summed E-state index contributed by atoms with van der Waals surface area (Å²) in [6.45, 7) is 2.46. The minimum absolute atomic E-state index is 0.282. The van der Waals surface area contributed by atoms with Crippen LogP contribution in [0.2, 0.25) is 0 Å². The number of aromatic nitrogens is 2.